The van der Waals surface area contributed by atoms with Crippen LogP contribution in [0.5, 0.6) is 0 Å². The largest absolute Gasteiger partial charge is 0.391 e. The molecule has 3 nitrogen and oxygen atoms in total. The maximum Gasteiger partial charge on any atom is 0.0724 e. The van der Waals surface area contributed by atoms with Crippen LogP contribution in [0.1, 0.15) is 34.1 Å². The first-order valence-electron chi connectivity index (χ1n) is 6.27. The molecule has 0 amide bonds. The van der Waals surface area contributed by atoms with Gasteiger partial charge in [0, 0.05) is 20.2 Å². The minimum absolute atomic E-state index is 0.0361. The van der Waals surface area contributed by atoms with Crippen LogP contribution in [0.4, 0.5) is 0 Å². The molecule has 0 aliphatic carbocycles. The van der Waals surface area contributed by atoms with Crippen molar-refractivity contribution in [1.29, 1.82) is 0 Å². The highest BCUT2D eigenvalue weighted by atomic mass is 16.5. The van der Waals surface area contributed by atoms with Gasteiger partial charge in [0.15, 0.2) is 0 Å². The fourth-order valence-corrected chi connectivity index (χ4v) is 2.09. The maximum atomic E-state index is 10.1. The Morgan fingerprint density at radius 2 is 2.06 bits per heavy atom. The van der Waals surface area contributed by atoms with Crippen LogP contribution in [-0.4, -0.2) is 49.0 Å². The van der Waals surface area contributed by atoms with Crippen molar-refractivity contribution in [3.63, 3.8) is 0 Å². The van der Waals surface area contributed by atoms with E-state index in [4.69, 9.17) is 4.74 Å². The first kappa shape index (κ1) is 13.9. The van der Waals surface area contributed by atoms with Gasteiger partial charge < -0.3 is 9.84 Å². The predicted molar refractivity (Wildman–Crippen MR) is 66.5 cm³/mol. The molecule has 16 heavy (non-hydrogen) atoms. The molecule has 0 aromatic heterocycles. The average molecular weight is 229 g/mol. The lowest BCUT2D eigenvalue weighted by Gasteiger charge is -2.39. The van der Waals surface area contributed by atoms with Gasteiger partial charge in [0.2, 0.25) is 0 Å². The number of aliphatic hydroxyl groups is 1. The maximum absolute atomic E-state index is 10.1. The third-order valence-corrected chi connectivity index (χ3v) is 3.71. The summed E-state index contributed by atoms with van der Waals surface area (Å²) < 4.78 is 5.48. The SMILES string of the molecule is COC1CN(CC(O)C(C)(C)C)CCC1C. The molecule has 96 valence electrons. The van der Waals surface area contributed by atoms with Crippen LogP contribution in [0.25, 0.3) is 0 Å². The first-order valence-corrected chi connectivity index (χ1v) is 6.27. The van der Waals surface area contributed by atoms with Crippen LogP contribution in [0.15, 0.2) is 0 Å². The summed E-state index contributed by atoms with van der Waals surface area (Å²) in [6.07, 6.45) is 1.22. The number of piperidine rings is 1. The quantitative estimate of drug-likeness (QED) is 0.800. The molecule has 0 saturated carbocycles. The van der Waals surface area contributed by atoms with Crippen LogP contribution in [0.3, 0.4) is 0 Å². The third kappa shape index (κ3) is 3.72. The van der Waals surface area contributed by atoms with Gasteiger partial charge in [-0.2, -0.15) is 0 Å². The van der Waals surface area contributed by atoms with Gasteiger partial charge in [-0.25, -0.2) is 0 Å². The molecule has 1 aliphatic rings. The standard InChI is InChI=1S/C13H27NO2/c1-10-6-7-14(8-11(10)16-5)9-12(15)13(2,3)4/h10-12,15H,6-9H2,1-5H3. The number of ether oxygens (including phenoxy) is 1. The van der Waals surface area contributed by atoms with Crippen molar-refractivity contribution in [1.82, 2.24) is 4.90 Å². The lowest BCUT2D eigenvalue weighted by atomic mass is 9.88. The van der Waals surface area contributed by atoms with E-state index in [1.807, 2.05) is 0 Å². The fraction of sp³-hybridized carbons (Fsp3) is 1.00. The molecule has 1 heterocycles. The third-order valence-electron chi connectivity index (χ3n) is 3.71. The van der Waals surface area contributed by atoms with E-state index in [1.54, 1.807) is 7.11 Å². The smallest absolute Gasteiger partial charge is 0.0724 e. The molecule has 3 atom stereocenters. The zero-order valence-electron chi connectivity index (χ0n) is 11.4. The second kappa shape index (κ2) is 5.48. The number of β-amino-alcohol motifs (C(OH)–C–C–N with tert-alkyl or cyclic N) is 1. The Labute approximate surface area is 99.8 Å². The summed E-state index contributed by atoms with van der Waals surface area (Å²) >= 11 is 0. The molecule has 0 aromatic carbocycles. The molecular weight excluding hydrogens is 202 g/mol. The monoisotopic (exact) mass is 229 g/mol. The summed E-state index contributed by atoms with van der Waals surface area (Å²) in [6, 6.07) is 0. The molecule has 1 aliphatic heterocycles. The Balaban J connectivity index is 2.44. The molecule has 3 heteroatoms. The second-order valence-electron chi connectivity index (χ2n) is 6.18. The molecule has 1 rings (SSSR count). The molecule has 1 fully saturated rings. The van der Waals surface area contributed by atoms with Crippen molar-refractivity contribution in [2.45, 2.75) is 46.3 Å². The van der Waals surface area contributed by atoms with Gasteiger partial charge in [0.25, 0.3) is 0 Å². The van der Waals surface area contributed by atoms with Gasteiger partial charge in [-0.15, -0.1) is 0 Å². The first-order chi connectivity index (χ1) is 7.34. The Kier molecular flexibility index (Phi) is 4.77. The van der Waals surface area contributed by atoms with Crippen LogP contribution in [-0.2, 0) is 4.74 Å². The fourth-order valence-electron chi connectivity index (χ4n) is 2.09. The predicted octanol–water partition coefficient (Wildman–Crippen LogP) is 1.75. The zero-order valence-corrected chi connectivity index (χ0v) is 11.4. The zero-order chi connectivity index (χ0) is 12.3. The second-order valence-corrected chi connectivity index (χ2v) is 6.18. The lowest BCUT2D eigenvalue weighted by molar-refractivity contribution is -0.0340. The summed E-state index contributed by atoms with van der Waals surface area (Å²) in [7, 11) is 1.78. The molecule has 1 saturated heterocycles. The Hall–Kier alpha value is -0.120. The molecular formula is C13H27NO2. The van der Waals surface area contributed by atoms with Crippen molar-refractivity contribution < 1.29 is 9.84 Å². The van der Waals surface area contributed by atoms with Gasteiger partial charge in [0.05, 0.1) is 12.2 Å². The Morgan fingerprint density at radius 1 is 1.44 bits per heavy atom. The Bertz CT molecular complexity index is 212. The van der Waals surface area contributed by atoms with E-state index in [0.29, 0.717) is 12.0 Å². The van der Waals surface area contributed by atoms with E-state index >= 15 is 0 Å². The lowest BCUT2D eigenvalue weighted by Crippen LogP contribution is -2.48. The van der Waals surface area contributed by atoms with Crippen molar-refractivity contribution in [3.05, 3.63) is 0 Å². The van der Waals surface area contributed by atoms with Gasteiger partial charge >= 0.3 is 0 Å². The van der Waals surface area contributed by atoms with Crippen molar-refractivity contribution in [2.24, 2.45) is 11.3 Å². The number of likely N-dealkylation sites (tertiary alicyclic amines) is 1. The molecule has 3 unspecified atom stereocenters. The topological polar surface area (TPSA) is 32.7 Å². The van der Waals surface area contributed by atoms with Gasteiger partial charge in [-0.1, -0.05) is 27.7 Å². The van der Waals surface area contributed by atoms with Crippen molar-refractivity contribution in [2.75, 3.05) is 26.7 Å². The van der Waals surface area contributed by atoms with Crippen molar-refractivity contribution >= 4 is 0 Å². The van der Waals surface area contributed by atoms with E-state index in [-0.39, 0.29) is 11.5 Å². The van der Waals surface area contributed by atoms with Gasteiger partial charge in [0.1, 0.15) is 0 Å². The Morgan fingerprint density at radius 3 is 2.56 bits per heavy atom. The molecule has 1 N–H and O–H groups in total. The molecule has 0 aromatic rings. The van der Waals surface area contributed by atoms with Crippen molar-refractivity contribution in [3.8, 4) is 0 Å². The summed E-state index contributed by atoms with van der Waals surface area (Å²) in [4.78, 5) is 2.32. The van der Waals surface area contributed by atoms with Crippen LogP contribution in [0, 0.1) is 11.3 Å². The minimum atomic E-state index is -0.265. The molecule has 0 spiro atoms. The van der Waals surface area contributed by atoms with E-state index in [9.17, 15) is 5.11 Å². The molecule has 0 radical (unpaired) electrons. The number of rotatable bonds is 3. The van der Waals surface area contributed by atoms with Crippen LogP contribution >= 0.6 is 0 Å². The van der Waals surface area contributed by atoms with E-state index in [0.717, 1.165) is 26.1 Å². The van der Waals surface area contributed by atoms with E-state index in [2.05, 4.69) is 32.6 Å². The number of aliphatic hydroxyl groups excluding tert-OH is 1. The number of methoxy groups -OCH3 is 1. The number of hydrogen-bond donors (Lipinski definition) is 1. The summed E-state index contributed by atoms with van der Waals surface area (Å²) in [5, 5.41) is 10.1. The summed E-state index contributed by atoms with van der Waals surface area (Å²) in [5.74, 6) is 0.632. The minimum Gasteiger partial charge on any atom is -0.391 e. The highest BCUT2D eigenvalue weighted by Crippen LogP contribution is 2.23. The van der Waals surface area contributed by atoms with Gasteiger partial charge in [-0.05, 0) is 24.3 Å². The normalized spacial score (nSPS) is 30.4. The van der Waals surface area contributed by atoms with Crippen LogP contribution in [0.2, 0.25) is 0 Å². The number of nitrogens with zero attached hydrogens (tertiary/aromatic N) is 1. The van der Waals surface area contributed by atoms with E-state index < -0.39 is 0 Å². The van der Waals surface area contributed by atoms with Crippen LogP contribution < -0.4 is 0 Å². The molecule has 0 bridgehead atoms. The average Bonchev–Trinajstić information content (AvgIpc) is 2.19. The van der Waals surface area contributed by atoms with Gasteiger partial charge in [-0.3, -0.25) is 4.90 Å². The summed E-state index contributed by atoms with van der Waals surface area (Å²) in [6.45, 7) is 11.3. The summed E-state index contributed by atoms with van der Waals surface area (Å²) in [5.41, 5.74) is -0.0361. The number of hydrogen-bond acceptors (Lipinski definition) is 3. The highest BCUT2D eigenvalue weighted by molar-refractivity contribution is 4.82. The highest BCUT2D eigenvalue weighted by Gasteiger charge is 2.30. The van der Waals surface area contributed by atoms with E-state index in [1.165, 1.54) is 0 Å².